The van der Waals surface area contributed by atoms with E-state index in [0.29, 0.717) is 17.9 Å². The second-order valence-electron chi connectivity index (χ2n) is 6.37. The highest BCUT2D eigenvalue weighted by Gasteiger charge is 2.26. The minimum absolute atomic E-state index is 0.0000932. The highest BCUT2D eigenvalue weighted by Crippen LogP contribution is 2.32. The van der Waals surface area contributed by atoms with Crippen molar-refractivity contribution in [2.75, 3.05) is 0 Å². The molecule has 0 saturated heterocycles. The number of rotatable bonds is 6. The van der Waals surface area contributed by atoms with Crippen LogP contribution in [0.15, 0.2) is 54.6 Å². The lowest BCUT2D eigenvalue weighted by molar-refractivity contribution is -0.150. The number of carbonyl (C=O) groups is 1. The first-order valence-corrected chi connectivity index (χ1v) is 9.28. The lowest BCUT2D eigenvalue weighted by Crippen LogP contribution is -2.23. The van der Waals surface area contributed by atoms with Crippen LogP contribution in [0.2, 0.25) is 0 Å². The Morgan fingerprint density at radius 1 is 1.00 bits per heavy atom. The Kier molecular flexibility index (Phi) is 6.35. The van der Waals surface area contributed by atoms with Gasteiger partial charge in [-0.2, -0.15) is 0 Å². The molecule has 0 radical (unpaired) electrons. The van der Waals surface area contributed by atoms with Crippen LogP contribution in [-0.4, -0.2) is 12.1 Å². The second kappa shape index (κ2) is 8.91. The molecule has 4 heteroatoms. The third-order valence-corrected chi connectivity index (χ3v) is 4.88. The van der Waals surface area contributed by atoms with E-state index in [4.69, 9.17) is 21.1 Å². The van der Waals surface area contributed by atoms with Gasteiger partial charge < -0.3 is 9.47 Å². The van der Waals surface area contributed by atoms with Crippen molar-refractivity contribution < 1.29 is 14.3 Å². The van der Waals surface area contributed by atoms with Crippen LogP contribution in [0, 0.1) is 0 Å². The van der Waals surface area contributed by atoms with Gasteiger partial charge in [-0.1, -0.05) is 55.0 Å². The Morgan fingerprint density at radius 3 is 2.44 bits per heavy atom. The van der Waals surface area contributed by atoms with Crippen molar-refractivity contribution >= 4 is 17.6 Å². The van der Waals surface area contributed by atoms with Gasteiger partial charge in [0.15, 0.2) is 5.38 Å². The average molecular weight is 359 g/mol. The zero-order chi connectivity index (χ0) is 17.5. The largest absolute Gasteiger partial charge is 0.489 e. The van der Waals surface area contributed by atoms with Crippen molar-refractivity contribution in [1.29, 1.82) is 0 Å². The molecular weight excluding hydrogens is 336 g/mol. The number of hydrogen-bond acceptors (Lipinski definition) is 3. The predicted octanol–water partition coefficient (Wildman–Crippen LogP) is 5.42. The van der Waals surface area contributed by atoms with Gasteiger partial charge in [-0.3, -0.25) is 4.79 Å². The van der Waals surface area contributed by atoms with Gasteiger partial charge >= 0.3 is 5.97 Å². The van der Waals surface area contributed by atoms with Crippen LogP contribution in [-0.2, 0) is 16.1 Å². The summed E-state index contributed by atoms with van der Waals surface area (Å²) in [5.41, 5.74) is 1.72. The Morgan fingerprint density at radius 2 is 1.68 bits per heavy atom. The highest BCUT2D eigenvalue weighted by atomic mass is 35.5. The number of ether oxygens (including phenoxy) is 2. The fraction of sp³-hybridized carbons (Fsp3) is 0.381. The molecule has 1 fully saturated rings. The molecule has 1 aliphatic carbocycles. The molecule has 0 unspecified atom stereocenters. The quantitative estimate of drug-likeness (QED) is 0.510. The van der Waals surface area contributed by atoms with E-state index in [-0.39, 0.29) is 12.1 Å². The number of esters is 1. The van der Waals surface area contributed by atoms with Crippen LogP contribution in [0.25, 0.3) is 0 Å². The Balaban J connectivity index is 1.65. The molecule has 0 aromatic heterocycles. The molecular formula is C21H23ClO3. The molecule has 2 aromatic carbocycles. The molecule has 3 nitrogen and oxygen atoms in total. The molecule has 0 bridgehead atoms. The lowest BCUT2D eigenvalue weighted by Gasteiger charge is -2.23. The van der Waals surface area contributed by atoms with Gasteiger partial charge in [0.1, 0.15) is 18.5 Å². The normalized spacial score (nSPS) is 16.2. The van der Waals surface area contributed by atoms with Gasteiger partial charge in [0, 0.05) is 5.56 Å². The molecule has 0 amide bonds. The van der Waals surface area contributed by atoms with Crippen molar-refractivity contribution in [2.45, 2.75) is 50.2 Å². The minimum atomic E-state index is -0.853. The lowest BCUT2D eigenvalue weighted by atomic mass is 9.98. The maximum atomic E-state index is 12.4. The molecule has 0 N–H and O–H groups in total. The topological polar surface area (TPSA) is 35.5 Å². The Bertz CT molecular complexity index is 681. The summed E-state index contributed by atoms with van der Waals surface area (Å²) in [7, 11) is 0. The molecule has 0 spiro atoms. The monoisotopic (exact) mass is 358 g/mol. The molecule has 0 aliphatic heterocycles. The van der Waals surface area contributed by atoms with Gasteiger partial charge in [-0.25, -0.2) is 0 Å². The van der Waals surface area contributed by atoms with Crippen molar-refractivity contribution in [1.82, 2.24) is 0 Å². The van der Waals surface area contributed by atoms with Crippen molar-refractivity contribution in [3.05, 3.63) is 65.7 Å². The van der Waals surface area contributed by atoms with E-state index in [9.17, 15) is 4.79 Å². The van der Waals surface area contributed by atoms with E-state index < -0.39 is 5.38 Å². The van der Waals surface area contributed by atoms with E-state index in [2.05, 4.69) is 0 Å². The van der Waals surface area contributed by atoms with Gasteiger partial charge in [-0.15, -0.1) is 11.6 Å². The highest BCUT2D eigenvalue weighted by molar-refractivity contribution is 6.30. The van der Waals surface area contributed by atoms with Crippen molar-refractivity contribution in [3.63, 3.8) is 0 Å². The van der Waals surface area contributed by atoms with Gasteiger partial charge in [0.2, 0.25) is 0 Å². The summed E-state index contributed by atoms with van der Waals surface area (Å²) in [5.74, 6) is 0.233. The first kappa shape index (κ1) is 17.8. The smallest absolute Gasteiger partial charge is 0.329 e. The molecule has 132 valence electrons. The van der Waals surface area contributed by atoms with E-state index in [1.54, 1.807) is 0 Å². The van der Waals surface area contributed by atoms with Crippen LogP contribution in [0.1, 0.15) is 48.6 Å². The molecule has 1 atom stereocenters. The standard InChI is InChI=1S/C21H23ClO3/c22-20(21(23)25-17-11-5-2-6-12-17)18-13-7-8-14-19(18)24-15-16-9-3-1-4-10-16/h1,3-4,7-10,13-14,17,20H,2,5-6,11-12,15H2/t20-/m1/s1. The van der Waals surface area contributed by atoms with E-state index >= 15 is 0 Å². The SMILES string of the molecule is O=C(OC1CCCCC1)[C@H](Cl)c1ccccc1OCc1ccccc1. The summed E-state index contributed by atoms with van der Waals surface area (Å²) in [6.45, 7) is 0.430. The Hall–Kier alpha value is -2.00. The summed E-state index contributed by atoms with van der Waals surface area (Å²) in [4.78, 5) is 12.4. The summed E-state index contributed by atoms with van der Waals surface area (Å²) in [5, 5.41) is -0.853. The zero-order valence-corrected chi connectivity index (χ0v) is 15.0. The molecule has 3 rings (SSSR count). The third kappa shape index (κ3) is 4.99. The first-order chi connectivity index (χ1) is 12.2. The van der Waals surface area contributed by atoms with Crippen molar-refractivity contribution in [2.24, 2.45) is 0 Å². The fourth-order valence-corrected chi connectivity index (χ4v) is 3.32. The first-order valence-electron chi connectivity index (χ1n) is 8.84. The van der Waals surface area contributed by atoms with Crippen LogP contribution >= 0.6 is 11.6 Å². The Labute approximate surface area is 153 Å². The summed E-state index contributed by atoms with van der Waals surface area (Å²) >= 11 is 6.41. The third-order valence-electron chi connectivity index (χ3n) is 4.47. The van der Waals surface area contributed by atoms with E-state index in [1.165, 1.54) is 6.42 Å². The summed E-state index contributed by atoms with van der Waals surface area (Å²) in [6.07, 6.45) is 5.31. The van der Waals surface area contributed by atoms with Gasteiger partial charge in [0.05, 0.1) is 0 Å². The van der Waals surface area contributed by atoms with E-state index in [1.807, 2.05) is 54.6 Å². The number of hydrogen-bond donors (Lipinski definition) is 0. The zero-order valence-electron chi connectivity index (χ0n) is 14.2. The van der Waals surface area contributed by atoms with Gasteiger partial charge in [-0.05, 0) is 37.3 Å². The predicted molar refractivity (Wildman–Crippen MR) is 98.8 cm³/mol. The van der Waals surface area contributed by atoms with Gasteiger partial charge in [0.25, 0.3) is 0 Å². The van der Waals surface area contributed by atoms with Crippen molar-refractivity contribution in [3.8, 4) is 5.75 Å². The minimum Gasteiger partial charge on any atom is -0.489 e. The fourth-order valence-electron chi connectivity index (χ4n) is 3.09. The van der Waals surface area contributed by atoms with Crippen LogP contribution in [0.5, 0.6) is 5.75 Å². The molecule has 1 aliphatic rings. The van der Waals surface area contributed by atoms with Crippen LogP contribution in [0.4, 0.5) is 0 Å². The van der Waals surface area contributed by atoms with Crippen LogP contribution in [0.3, 0.4) is 0 Å². The maximum absolute atomic E-state index is 12.4. The molecule has 0 heterocycles. The molecule has 2 aromatic rings. The number of para-hydroxylation sites is 1. The maximum Gasteiger partial charge on any atom is 0.329 e. The molecule has 1 saturated carbocycles. The van der Waals surface area contributed by atoms with E-state index in [0.717, 1.165) is 31.2 Å². The summed E-state index contributed by atoms with van der Waals surface area (Å²) in [6, 6.07) is 17.3. The number of carbonyl (C=O) groups excluding carboxylic acids is 1. The van der Waals surface area contributed by atoms with Crippen LogP contribution < -0.4 is 4.74 Å². The number of alkyl halides is 1. The molecule has 25 heavy (non-hydrogen) atoms. The number of benzene rings is 2. The number of halogens is 1. The second-order valence-corrected chi connectivity index (χ2v) is 6.81. The average Bonchev–Trinajstić information content (AvgIpc) is 2.67. The summed E-state index contributed by atoms with van der Waals surface area (Å²) < 4.78 is 11.5.